The molecule has 0 fully saturated rings. The topological polar surface area (TPSA) is 70.5 Å². The highest BCUT2D eigenvalue weighted by molar-refractivity contribution is 5.50. The molecule has 3 rings (SSSR count). The zero-order valence-electron chi connectivity index (χ0n) is 17.0. The van der Waals surface area contributed by atoms with E-state index < -0.39 is 93.5 Å². The van der Waals surface area contributed by atoms with Crippen molar-refractivity contribution in [3.63, 3.8) is 0 Å². The third-order valence-electron chi connectivity index (χ3n) is 4.74. The van der Waals surface area contributed by atoms with Crippen molar-refractivity contribution >= 4 is 11.4 Å². The van der Waals surface area contributed by atoms with E-state index >= 15 is 4.39 Å². The highest BCUT2D eigenvalue weighted by Gasteiger charge is 2.69. The van der Waals surface area contributed by atoms with E-state index in [1.54, 1.807) is 0 Å². The average Bonchev–Trinajstić information content (AvgIpc) is 2.71. The number of hydrogen-bond donors (Lipinski definition) is 2. The molecule has 0 spiro atoms. The van der Waals surface area contributed by atoms with Crippen LogP contribution in [0.2, 0.25) is 0 Å². The van der Waals surface area contributed by atoms with Crippen molar-refractivity contribution in [1.29, 1.82) is 0 Å². The number of rotatable bonds is 4. The SMILES string of the molecule is Nc1ccc(F)c(OC2=CC(F)=C(C(F)(F)F)C(F)(Oc3c(F)ccc(N)c3F)C2C(F)(F)F)c1F. The molecule has 2 unspecified atom stereocenters. The zero-order valence-corrected chi connectivity index (χ0v) is 17.0. The molecule has 0 saturated heterocycles. The van der Waals surface area contributed by atoms with Crippen molar-refractivity contribution in [1.82, 2.24) is 0 Å². The standard InChI is InChI=1S/C20H10F12N2O2/c21-6-1-3-9(33)12(24)14(6)35-11-5-8(23)16(19(27,28)29)18(26,17(11)20(30,31)32)36-15-7(22)2-4-10(34)13(15)25/h1-5,17H,33-34H2. The summed E-state index contributed by atoms with van der Waals surface area (Å²) in [6.45, 7) is 0. The highest BCUT2D eigenvalue weighted by Crippen LogP contribution is 2.55. The minimum atomic E-state index is -6.27. The van der Waals surface area contributed by atoms with Crippen LogP contribution in [-0.4, -0.2) is 18.2 Å². The van der Waals surface area contributed by atoms with E-state index in [1.165, 1.54) is 0 Å². The number of alkyl halides is 7. The lowest BCUT2D eigenvalue weighted by Crippen LogP contribution is -2.55. The van der Waals surface area contributed by atoms with E-state index in [0.717, 1.165) is 0 Å². The summed E-state index contributed by atoms with van der Waals surface area (Å²) in [4.78, 5) is 0. The maximum Gasteiger partial charge on any atom is 0.422 e. The first-order chi connectivity index (χ1) is 16.4. The first-order valence-electron chi connectivity index (χ1n) is 9.18. The second-order valence-corrected chi connectivity index (χ2v) is 7.15. The zero-order chi connectivity index (χ0) is 27.4. The molecule has 196 valence electrons. The Morgan fingerprint density at radius 3 is 1.69 bits per heavy atom. The number of allylic oxidation sites excluding steroid dienone is 2. The number of hydrogen-bond acceptors (Lipinski definition) is 4. The summed E-state index contributed by atoms with van der Waals surface area (Å²) in [6.07, 6.45) is -13.1. The fourth-order valence-electron chi connectivity index (χ4n) is 3.22. The second kappa shape index (κ2) is 8.74. The molecule has 4 N–H and O–H groups in total. The number of ether oxygens (including phenoxy) is 2. The van der Waals surface area contributed by atoms with Crippen molar-refractivity contribution in [2.45, 2.75) is 18.2 Å². The van der Waals surface area contributed by atoms with Gasteiger partial charge in [0.2, 0.25) is 0 Å². The maximum atomic E-state index is 15.9. The van der Waals surface area contributed by atoms with Gasteiger partial charge in [0, 0.05) is 6.08 Å². The lowest BCUT2D eigenvalue weighted by atomic mass is 9.84. The smallest absolute Gasteiger partial charge is 0.422 e. The van der Waals surface area contributed by atoms with Crippen molar-refractivity contribution in [2.24, 2.45) is 5.92 Å². The van der Waals surface area contributed by atoms with Crippen molar-refractivity contribution in [3.05, 3.63) is 70.8 Å². The van der Waals surface area contributed by atoms with Crippen LogP contribution in [0.4, 0.5) is 64.1 Å². The lowest BCUT2D eigenvalue weighted by Gasteiger charge is -2.40. The van der Waals surface area contributed by atoms with E-state index in [2.05, 4.69) is 9.47 Å². The largest absolute Gasteiger partial charge is 0.454 e. The molecule has 2 aromatic carbocycles. The molecule has 0 saturated carbocycles. The molecule has 0 radical (unpaired) electrons. The second-order valence-electron chi connectivity index (χ2n) is 7.15. The van der Waals surface area contributed by atoms with Gasteiger partial charge in [-0.15, -0.1) is 0 Å². The molecule has 0 aliphatic heterocycles. The van der Waals surface area contributed by atoms with Crippen LogP contribution in [0.5, 0.6) is 11.5 Å². The van der Waals surface area contributed by atoms with Gasteiger partial charge in [-0.1, -0.05) is 0 Å². The number of nitrogen functional groups attached to an aromatic ring is 2. The molecular formula is C20H10F12N2O2. The van der Waals surface area contributed by atoms with Crippen molar-refractivity contribution in [3.8, 4) is 11.5 Å². The Balaban J connectivity index is 2.32. The lowest BCUT2D eigenvalue weighted by molar-refractivity contribution is -0.253. The van der Waals surface area contributed by atoms with Gasteiger partial charge in [0.15, 0.2) is 40.7 Å². The van der Waals surface area contributed by atoms with E-state index in [0.29, 0.717) is 18.2 Å². The minimum absolute atomic E-state index is 0.209. The monoisotopic (exact) mass is 538 g/mol. The number of nitrogens with two attached hydrogens (primary N) is 2. The van der Waals surface area contributed by atoms with Crippen LogP contribution in [-0.2, 0) is 0 Å². The molecule has 1 aliphatic carbocycles. The van der Waals surface area contributed by atoms with Crippen LogP contribution >= 0.6 is 0 Å². The number of anilines is 2. The Bertz CT molecular complexity index is 1270. The Hall–Kier alpha value is -3.72. The summed E-state index contributed by atoms with van der Waals surface area (Å²) in [6, 6.07) is 1.64. The maximum absolute atomic E-state index is 15.9. The van der Waals surface area contributed by atoms with Gasteiger partial charge >= 0.3 is 18.2 Å². The van der Waals surface area contributed by atoms with Crippen LogP contribution in [0.15, 0.2) is 47.5 Å². The summed E-state index contributed by atoms with van der Waals surface area (Å²) in [5, 5.41) is 0. The molecule has 1 aliphatic rings. The third kappa shape index (κ3) is 4.58. The number of benzene rings is 2. The van der Waals surface area contributed by atoms with Gasteiger partial charge in [0.1, 0.15) is 17.2 Å². The van der Waals surface area contributed by atoms with Gasteiger partial charge in [-0.05, 0) is 24.3 Å². The quantitative estimate of drug-likeness (QED) is 0.350. The van der Waals surface area contributed by atoms with Gasteiger partial charge in [-0.25, -0.2) is 22.0 Å². The van der Waals surface area contributed by atoms with Gasteiger partial charge in [0.05, 0.1) is 11.4 Å². The summed E-state index contributed by atoms with van der Waals surface area (Å²) >= 11 is 0. The van der Waals surface area contributed by atoms with Crippen LogP contribution in [0.1, 0.15) is 0 Å². The van der Waals surface area contributed by atoms with E-state index in [4.69, 9.17) is 11.5 Å². The summed E-state index contributed by atoms with van der Waals surface area (Å²) < 4.78 is 178. The van der Waals surface area contributed by atoms with Gasteiger partial charge in [0.25, 0.3) is 0 Å². The summed E-state index contributed by atoms with van der Waals surface area (Å²) in [5.74, 6) is -26.7. The van der Waals surface area contributed by atoms with Crippen LogP contribution < -0.4 is 20.9 Å². The predicted molar refractivity (Wildman–Crippen MR) is 98.5 cm³/mol. The van der Waals surface area contributed by atoms with Gasteiger partial charge < -0.3 is 20.9 Å². The Morgan fingerprint density at radius 1 is 0.750 bits per heavy atom. The molecule has 4 nitrogen and oxygen atoms in total. The Labute approximate surface area is 192 Å². The molecule has 0 aromatic heterocycles. The Kier molecular flexibility index (Phi) is 6.53. The van der Waals surface area contributed by atoms with Crippen LogP contribution in [0.3, 0.4) is 0 Å². The van der Waals surface area contributed by atoms with Gasteiger partial charge in [-0.2, -0.15) is 30.7 Å². The molecule has 16 heteroatoms. The molecule has 0 heterocycles. The summed E-state index contributed by atoms with van der Waals surface area (Å²) in [7, 11) is 0. The van der Waals surface area contributed by atoms with E-state index in [-0.39, 0.29) is 6.07 Å². The fraction of sp³-hybridized carbons (Fsp3) is 0.200. The van der Waals surface area contributed by atoms with Crippen LogP contribution in [0.25, 0.3) is 0 Å². The molecule has 0 amide bonds. The normalized spacial score (nSPS) is 20.9. The average molecular weight is 538 g/mol. The van der Waals surface area contributed by atoms with Crippen molar-refractivity contribution in [2.75, 3.05) is 11.5 Å². The molecular weight excluding hydrogens is 528 g/mol. The van der Waals surface area contributed by atoms with Gasteiger partial charge in [-0.3, -0.25) is 0 Å². The summed E-state index contributed by atoms with van der Waals surface area (Å²) in [5.41, 5.74) is 4.89. The minimum Gasteiger partial charge on any atom is -0.454 e. The van der Waals surface area contributed by atoms with Crippen molar-refractivity contribution < 1.29 is 62.2 Å². The van der Waals surface area contributed by atoms with Crippen LogP contribution in [0, 0.1) is 29.2 Å². The molecule has 0 bridgehead atoms. The predicted octanol–water partition coefficient (Wildman–Crippen LogP) is 6.39. The van der Waals surface area contributed by atoms with E-state index in [1.807, 2.05) is 0 Å². The van der Waals surface area contributed by atoms with E-state index in [9.17, 15) is 48.3 Å². The first-order valence-corrected chi connectivity index (χ1v) is 9.18. The first kappa shape index (κ1) is 26.9. The molecule has 2 aromatic rings. The molecule has 2 atom stereocenters. The Morgan fingerprint density at radius 2 is 1.22 bits per heavy atom. The third-order valence-corrected chi connectivity index (χ3v) is 4.74. The number of halogens is 12. The fourth-order valence-corrected chi connectivity index (χ4v) is 3.22. The molecule has 36 heavy (non-hydrogen) atoms. The highest BCUT2D eigenvalue weighted by atomic mass is 19.4.